The lowest BCUT2D eigenvalue weighted by atomic mass is 9.98. The Balaban J connectivity index is 2.46. The van der Waals surface area contributed by atoms with Gasteiger partial charge in [0.25, 0.3) is 0 Å². The number of hydrazine groups is 1. The number of halogens is 1. The molecule has 88 valence electrons. The van der Waals surface area contributed by atoms with E-state index in [1.54, 1.807) is 37.5 Å². The highest BCUT2D eigenvalue weighted by atomic mass is 19.1. The molecule has 3 nitrogen and oxygen atoms in total. The minimum atomic E-state index is -0.386. The van der Waals surface area contributed by atoms with Gasteiger partial charge in [-0.25, -0.2) is 9.82 Å². The molecule has 0 amide bonds. The zero-order chi connectivity index (χ0) is 12.3. The fourth-order valence-corrected chi connectivity index (χ4v) is 1.81. The van der Waals surface area contributed by atoms with E-state index < -0.39 is 0 Å². The Bertz CT molecular complexity index is 499. The molecule has 0 aliphatic heterocycles. The van der Waals surface area contributed by atoms with Gasteiger partial charge in [-0.15, -0.1) is 0 Å². The molecule has 4 heteroatoms. The van der Waals surface area contributed by atoms with E-state index in [1.807, 2.05) is 12.1 Å². The molecule has 2 aromatic rings. The van der Waals surface area contributed by atoms with Crippen LogP contribution in [0, 0.1) is 12.7 Å². The van der Waals surface area contributed by atoms with E-state index in [0.717, 1.165) is 5.56 Å². The van der Waals surface area contributed by atoms with Crippen molar-refractivity contribution in [1.82, 2.24) is 10.4 Å². The van der Waals surface area contributed by atoms with E-state index >= 15 is 0 Å². The van der Waals surface area contributed by atoms with E-state index in [9.17, 15) is 4.39 Å². The standard InChI is InChI=1S/C13H14FN3/c1-9-4-2-6-11(12(9)14)13(17-15)10-5-3-7-16-8-10/h2-8,13,17H,15H2,1H3. The lowest BCUT2D eigenvalue weighted by Gasteiger charge is -2.17. The Labute approximate surface area is 99.5 Å². The van der Waals surface area contributed by atoms with Crippen molar-refractivity contribution >= 4 is 0 Å². The average Bonchev–Trinajstić information content (AvgIpc) is 2.37. The predicted molar refractivity (Wildman–Crippen MR) is 64.5 cm³/mol. The number of benzene rings is 1. The average molecular weight is 231 g/mol. The summed E-state index contributed by atoms with van der Waals surface area (Å²) in [5.74, 6) is 5.27. The predicted octanol–water partition coefficient (Wildman–Crippen LogP) is 2.08. The van der Waals surface area contributed by atoms with Gasteiger partial charge in [0.2, 0.25) is 0 Å². The summed E-state index contributed by atoms with van der Waals surface area (Å²) in [6.07, 6.45) is 3.34. The summed E-state index contributed by atoms with van der Waals surface area (Å²) in [7, 11) is 0. The summed E-state index contributed by atoms with van der Waals surface area (Å²) in [4.78, 5) is 4.01. The maximum atomic E-state index is 14.0. The van der Waals surface area contributed by atoms with Crippen LogP contribution in [0.2, 0.25) is 0 Å². The molecule has 0 fully saturated rings. The molecule has 0 saturated heterocycles. The summed E-state index contributed by atoms with van der Waals surface area (Å²) < 4.78 is 14.0. The largest absolute Gasteiger partial charge is 0.271 e. The second-order valence-corrected chi connectivity index (χ2v) is 3.86. The van der Waals surface area contributed by atoms with Crippen molar-refractivity contribution in [3.8, 4) is 0 Å². The molecule has 0 spiro atoms. The van der Waals surface area contributed by atoms with Gasteiger partial charge in [0.15, 0.2) is 0 Å². The first-order chi connectivity index (χ1) is 8.24. The van der Waals surface area contributed by atoms with E-state index in [4.69, 9.17) is 5.84 Å². The topological polar surface area (TPSA) is 50.9 Å². The van der Waals surface area contributed by atoms with Crippen LogP contribution in [-0.2, 0) is 0 Å². The third-order valence-corrected chi connectivity index (χ3v) is 2.72. The molecule has 0 aliphatic carbocycles. The highest BCUT2D eigenvalue weighted by Gasteiger charge is 2.17. The number of aromatic nitrogens is 1. The quantitative estimate of drug-likeness (QED) is 0.628. The Morgan fingerprint density at radius 3 is 2.76 bits per heavy atom. The third kappa shape index (κ3) is 2.33. The molecule has 1 heterocycles. The summed E-state index contributed by atoms with van der Waals surface area (Å²) in [6.45, 7) is 1.73. The second kappa shape index (κ2) is 5.03. The Kier molecular flexibility index (Phi) is 3.46. The van der Waals surface area contributed by atoms with Crippen molar-refractivity contribution in [3.63, 3.8) is 0 Å². The van der Waals surface area contributed by atoms with Gasteiger partial charge in [-0.3, -0.25) is 10.8 Å². The van der Waals surface area contributed by atoms with Crippen molar-refractivity contribution in [1.29, 1.82) is 0 Å². The van der Waals surface area contributed by atoms with Crippen LogP contribution in [0.5, 0.6) is 0 Å². The van der Waals surface area contributed by atoms with Crippen molar-refractivity contribution in [2.75, 3.05) is 0 Å². The zero-order valence-corrected chi connectivity index (χ0v) is 9.52. The molecule has 2 rings (SSSR count). The molecular weight excluding hydrogens is 217 g/mol. The fraction of sp³-hybridized carbons (Fsp3) is 0.154. The Morgan fingerprint density at radius 1 is 1.29 bits per heavy atom. The first kappa shape index (κ1) is 11.7. The molecule has 17 heavy (non-hydrogen) atoms. The van der Waals surface area contributed by atoms with Crippen LogP contribution in [0.15, 0.2) is 42.7 Å². The summed E-state index contributed by atoms with van der Waals surface area (Å²) in [5, 5.41) is 0. The van der Waals surface area contributed by atoms with Crippen LogP contribution < -0.4 is 11.3 Å². The number of hydrogen-bond acceptors (Lipinski definition) is 3. The Morgan fingerprint density at radius 2 is 2.12 bits per heavy atom. The van der Waals surface area contributed by atoms with Gasteiger partial charge in [-0.1, -0.05) is 24.3 Å². The number of nitrogens with one attached hydrogen (secondary N) is 1. The highest BCUT2D eigenvalue weighted by molar-refractivity contribution is 5.34. The number of hydrogen-bond donors (Lipinski definition) is 2. The van der Waals surface area contributed by atoms with Crippen LogP contribution >= 0.6 is 0 Å². The van der Waals surface area contributed by atoms with Gasteiger partial charge in [-0.05, 0) is 24.1 Å². The normalized spacial score (nSPS) is 12.4. The van der Waals surface area contributed by atoms with Crippen LogP contribution in [0.3, 0.4) is 0 Å². The minimum absolute atomic E-state index is 0.237. The van der Waals surface area contributed by atoms with E-state index in [2.05, 4.69) is 10.4 Å². The second-order valence-electron chi connectivity index (χ2n) is 3.86. The number of aryl methyl sites for hydroxylation is 1. The lowest BCUT2D eigenvalue weighted by Crippen LogP contribution is -2.29. The Hall–Kier alpha value is -1.78. The molecule has 0 bridgehead atoms. The van der Waals surface area contributed by atoms with Crippen LogP contribution in [0.1, 0.15) is 22.7 Å². The number of nitrogens with two attached hydrogens (primary N) is 1. The maximum Gasteiger partial charge on any atom is 0.131 e. The fourth-order valence-electron chi connectivity index (χ4n) is 1.81. The van der Waals surface area contributed by atoms with Crippen molar-refractivity contribution < 1.29 is 4.39 Å². The monoisotopic (exact) mass is 231 g/mol. The molecule has 1 atom stereocenters. The molecule has 0 saturated carbocycles. The van der Waals surface area contributed by atoms with Gasteiger partial charge >= 0.3 is 0 Å². The minimum Gasteiger partial charge on any atom is -0.271 e. The lowest BCUT2D eigenvalue weighted by molar-refractivity contribution is 0.554. The molecule has 1 aromatic carbocycles. The highest BCUT2D eigenvalue weighted by Crippen LogP contribution is 2.24. The van der Waals surface area contributed by atoms with Crippen molar-refractivity contribution in [2.24, 2.45) is 5.84 Å². The van der Waals surface area contributed by atoms with Crippen LogP contribution in [0.4, 0.5) is 4.39 Å². The first-order valence-corrected chi connectivity index (χ1v) is 5.35. The summed E-state index contributed by atoms with van der Waals surface area (Å²) >= 11 is 0. The zero-order valence-electron chi connectivity index (χ0n) is 9.52. The SMILES string of the molecule is Cc1cccc(C(NN)c2cccnc2)c1F. The number of pyridine rings is 1. The first-order valence-electron chi connectivity index (χ1n) is 5.35. The van der Waals surface area contributed by atoms with Gasteiger partial charge in [0.1, 0.15) is 5.82 Å². The van der Waals surface area contributed by atoms with E-state index in [1.165, 1.54) is 0 Å². The van der Waals surface area contributed by atoms with Gasteiger partial charge in [0, 0.05) is 18.0 Å². The third-order valence-electron chi connectivity index (χ3n) is 2.72. The van der Waals surface area contributed by atoms with Gasteiger partial charge in [0.05, 0.1) is 6.04 Å². The van der Waals surface area contributed by atoms with E-state index in [0.29, 0.717) is 11.1 Å². The molecule has 0 aliphatic rings. The molecule has 3 N–H and O–H groups in total. The smallest absolute Gasteiger partial charge is 0.131 e. The van der Waals surface area contributed by atoms with Gasteiger partial charge < -0.3 is 0 Å². The molecule has 1 aromatic heterocycles. The van der Waals surface area contributed by atoms with Gasteiger partial charge in [-0.2, -0.15) is 0 Å². The molecule has 0 radical (unpaired) electrons. The summed E-state index contributed by atoms with van der Waals surface area (Å²) in [5.41, 5.74) is 4.59. The van der Waals surface area contributed by atoms with Crippen molar-refractivity contribution in [3.05, 3.63) is 65.2 Å². The van der Waals surface area contributed by atoms with Crippen molar-refractivity contribution in [2.45, 2.75) is 13.0 Å². The molecular formula is C13H14FN3. The van der Waals surface area contributed by atoms with Crippen LogP contribution in [0.25, 0.3) is 0 Å². The maximum absolute atomic E-state index is 14.0. The van der Waals surface area contributed by atoms with Crippen LogP contribution in [-0.4, -0.2) is 4.98 Å². The summed E-state index contributed by atoms with van der Waals surface area (Å²) in [6, 6.07) is 8.54. The molecule has 1 unspecified atom stereocenters. The van der Waals surface area contributed by atoms with E-state index in [-0.39, 0.29) is 11.9 Å². The number of rotatable bonds is 3. The number of nitrogens with zero attached hydrogens (tertiary/aromatic N) is 1.